The Morgan fingerprint density at radius 1 is 0.500 bits per heavy atom. The number of carbonyl (C=O) groups excluding carboxylic acids is 2. The van der Waals surface area contributed by atoms with Crippen LogP contribution in [-0.2, 0) is 38.0 Å². The van der Waals surface area contributed by atoms with Gasteiger partial charge in [0.15, 0.2) is 18.7 Å². The lowest BCUT2D eigenvalue weighted by molar-refractivity contribution is -0.332. The van der Waals surface area contributed by atoms with E-state index >= 15 is 0 Å². The van der Waals surface area contributed by atoms with Crippen LogP contribution in [0.3, 0.4) is 0 Å². The molecular formula is C49H84O15. The fraction of sp³-hybridized carbons (Fsp3) is 0.796. The molecule has 2 aliphatic rings. The monoisotopic (exact) mass is 913 g/mol. The topological polar surface area (TPSA) is 231 Å². The molecule has 2 heterocycles. The number of ether oxygens (including phenoxy) is 6. The predicted molar refractivity (Wildman–Crippen MR) is 243 cm³/mol. The zero-order valence-corrected chi connectivity index (χ0v) is 38.8. The van der Waals surface area contributed by atoms with Crippen LogP contribution in [0.2, 0.25) is 0 Å². The Kier molecular flexibility index (Phi) is 32.9. The zero-order valence-electron chi connectivity index (χ0n) is 38.8. The second-order valence-corrected chi connectivity index (χ2v) is 16.9. The van der Waals surface area contributed by atoms with Gasteiger partial charge in [-0.15, -0.1) is 0 Å². The molecule has 0 aromatic carbocycles. The van der Waals surface area contributed by atoms with Crippen molar-refractivity contribution in [1.82, 2.24) is 0 Å². The second kappa shape index (κ2) is 36.6. The van der Waals surface area contributed by atoms with Gasteiger partial charge < -0.3 is 64.2 Å². The van der Waals surface area contributed by atoms with Gasteiger partial charge in [-0.2, -0.15) is 0 Å². The van der Waals surface area contributed by atoms with Crippen LogP contribution in [0.5, 0.6) is 0 Å². The number of esters is 2. The minimum atomic E-state index is -1.77. The first-order valence-electron chi connectivity index (χ1n) is 24.2. The van der Waals surface area contributed by atoms with Gasteiger partial charge in [0, 0.05) is 12.8 Å². The number of rotatable bonds is 36. The minimum Gasteiger partial charge on any atom is -0.462 e. The molecule has 7 N–H and O–H groups in total. The zero-order chi connectivity index (χ0) is 46.8. The highest BCUT2D eigenvalue weighted by Gasteiger charge is 2.47. The molecule has 15 heteroatoms. The van der Waals surface area contributed by atoms with Crippen molar-refractivity contribution in [3.05, 3.63) is 48.6 Å². The average Bonchev–Trinajstić information content (AvgIpc) is 3.29. The Balaban J connectivity index is 1.85. The van der Waals surface area contributed by atoms with Crippen molar-refractivity contribution in [2.75, 3.05) is 26.4 Å². The van der Waals surface area contributed by atoms with Crippen LogP contribution < -0.4 is 0 Å². The maximum absolute atomic E-state index is 13.0. The van der Waals surface area contributed by atoms with E-state index in [9.17, 15) is 45.3 Å². The van der Waals surface area contributed by atoms with Crippen LogP contribution in [0.1, 0.15) is 155 Å². The maximum Gasteiger partial charge on any atom is 0.306 e. The molecule has 370 valence electrons. The molecule has 0 saturated carbocycles. The molecule has 0 spiro atoms. The van der Waals surface area contributed by atoms with E-state index < -0.39 is 99.3 Å². The Hall–Kier alpha value is -2.54. The number of allylic oxidation sites excluding steroid dienone is 8. The molecule has 2 saturated heterocycles. The van der Waals surface area contributed by atoms with Crippen LogP contribution in [0, 0.1) is 0 Å². The van der Waals surface area contributed by atoms with Crippen molar-refractivity contribution in [3.63, 3.8) is 0 Å². The first-order chi connectivity index (χ1) is 31.0. The van der Waals surface area contributed by atoms with Crippen molar-refractivity contribution in [2.24, 2.45) is 0 Å². The third-order valence-corrected chi connectivity index (χ3v) is 11.3. The van der Waals surface area contributed by atoms with Gasteiger partial charge in [0.2, 0.25) is 0 Å². The van der Waals surface area contributed by atoms with Crippen molar-refractivity contribution in [2.45, 2.75) is 223 Å². The Bertz CT molecular complexity index is 1300. The van der Waals surface area contributed by atoms with Gasteiger partial charge in [-0.25, -0.2) is 0 Å². The fourth-order valence-corrected chi connectivity index (χ4v) is 7.19. The highest BCUT2D eigenvalue weighted by atomic mass is 16.7. The summed E-state index contributed by atoms with van der Waals surface area (Å²) < 4.78 is 33.5. The van der Waals surface area contributed by atoms with Gasteiger partial charge in [-0.1, -0.05) is 127 Å². The normalized spacial score (nSPS) is 27.0. The molecule has 0 amide bonds. The van der Waals surface area contributed by atoms with E-state index in [2.05, 4.69) is 62.5 Å². The summed E-state index contributed by atoms with van der Waals surface area (Å²) in [5, 5.41) is 71.9. The van der Waals surface area contributed by atoms with Gasteiger partial charge in [-0.3, -0.25) is 9.59 Å². The van der Waals surface area contributed by atoms with E-state index in [1.807, 2.05) is 0 Å². The molecule has 0 aliphatic carbocycles. The lowest BCUT2D eigenvalue weighted by Gasteiger charge is -2.42. The number of hydrogen-bond donors (Lipinski definition) is 7. The maximum atomic E-state index is 13.0. The summed E-state index contributed by atoms with van der Waals surface area (Å²) in [6.07, 6.45) is 21.4. The van der Waals surface area contributed by atoms with E-state index in [0.29, 0.717) is 12.8 Å². The van der Waals surface area contributed by atoms with E-state index in [4.69, 9.17) is 28.4 Å². The number of hydrogen-bond acceptors (Lipinski definition) is 15. The Morgan fingerprint density at radius 3 is 1.45 bits per heavy atom. The second-order valence-electron chi connectivity index (χ2n) is 16.9. The van der Waals surface area contributed by atoms with Gasteiger partial charge in [0.1, 0.15) is 55.4 Å². The van der Waals surface area contributed by atoms with Gasteiger partial charge in [0.25, 0.3) is 0 Å². The summed E-state index contributed by atoms with van der Waals surface area (Å²) in [7, 11) is 0. The van der Waals surface area contributed by atoms with Crippen molar-refractivity contribution in [1.29, 1.82) is 0 Å². The summed E-state index contributed by atoms with van der Waals surface area (Å²) in [6.45, 7) is 2.46. The third-order valence-electron chi connectivity index (χ3n) is 11.3. The molecule has 64 heavy (non-hydrogen) atoms. The van der Waals surface area contributed by atoms with Crippen LogP contribution in [0.4, 0.5) is 0 Å². The van der Waals surface area contributed by atoms with Gasteiger partial charge in [-0.05, 0) is 64.2 Å². The Morgan fingerprint density at radius 2 is 0.938 bits per heavy atom. The quantitative estimate of drug-likeness (QED) is 0.0220. The van der Waals surface area contributed by atoms with Crippen molar-refractivity contribution >= 4 is 11.9 Å². The molecule has 11 atom stereocenters. The molecule has 0 radical (unpaired) electrons. The average molecular weight is 913 g/mol. The predicted octanol–water partition coefficient (Wildman–Crippen LogP) is 5.93. The molecule has 2 fully saturated rings. The molecule has 2 rings (SSSR count). The van der Waals surface area contributed by atoms with Crippen LogP contribution in [-0.4, -0.2) is 142 Å². The van der Waals surface area contributed by atoms with Crippen LogP contribution in [0.15, 0.2) is 48.6 Å². The number of aliphatic hydroxyl groups excluding tert-OH is 7. The minimum absolute atomic E-state index is 0.144. The summed E-state index contributed by atoms with van der Waals surface area (Å²) >= 11 is 0. The smallest absolute Gasteiger partial charge is 0.306 e. The largest absolute Gasteiger partial charge is 0.462 e. The van der Waals surface area contributed by atoms with Crippen LogP contribution >= 0.6 is 0 Å². The first kappa shape index (κ1) is 57.6. The van der Waals surface area contributed by atoms with Gasteiger partial charge in [0.05, 0.1) is 19.8 Å². The summed E-state index contributed by atoms with van der Waals surface area (Å²) in [4.78, 5) is 25.7. The van der Waals surface area contributed by atoms with Crippen LogP contribution in [0.25, 0.3) is 0 Å². The summed E-state index contributed by atoms with van der Waals surface area (Å²) in [6, 6.07) is 0. The number of aliphatic hydroxyl groups is 7. The number of carbonyl (C=O) groups is 2. The third kappa shape index (κ3) is 24.8. The molecule has 0 bridgehead atoms. The Labute approximate surface area is 382 Å². The molecule has 0 aromatic heterocycles. The lowest BCUT2D eigenvalue weighted by Crippen LogP contribution is -2.61. The first-order valence-corrected chi connectivity index (χ1v) is 24.2. The van der Waals surface area contributed by atoms with E-state index in [1.165, 1.54) is 25.7 Å². The summed E-state index contributed by atoms with van der Waals surface area (Å²) in [5.41, 5.74) is 0. The molecule has 0 aromatic rings. The molecular weight excluding hydrogens is 829 g/mol. The fourth-order valence-electron chi connectivity index (χ4n) is 7.19. The van der Waals surface area contributed by atoms with E-state index in [1.54, 1.807) is 0 Å². The van der Waals surface area contributed by atoms with Crippen molar-refractivity contribution < 1.29 is 73.8 Å². The SMILES string of the molecule is CCCC/C=C/C/C=C/CCCCCCCC(=O)OC[C@H](CO[C@@H]1O[C@H](CO[C@@H]2O[C@H](CO)[C@H](O)C(O)C2O)[C@H](O)C(O)C1O)OC(=O)CCCCCCC/C=C/C/C=C/CCCC. The summed E-state index contributed by atoms with van der Waals surface area (Å²) in [5.74, 6) is -0.962. The van der Waals surface area contributed by atoms with E-state index in [-0.39, 0.29) is 19.4 Å². The highest BCUT2D eigenvalue weighted by Crippen LogP contribution is 2.26. The number of unbranched alkanes of at least 4 members (excludes halogenated alkanes) is 14. The van der Waals surface area contributed by atoms with Crippen molar-refractivity contribution in [3.8, 4) is 0 Å². The van der Waals surface area contributed by atoms with Gasteiger partial charge >= 0.3 is 11.9 Å². The molecule has 15 nitrogen and oxygen atoms in total. The lowest BCUT2D eigenvalue weighted by atomic mass is 9.98. The standard InChI is InChI=1S/C49H84O15/c1-3-5-7-9-11-13-15-17-19-21-23-25-27-29-31-40(51)59-34-37(62-41(52)32-30-28-26-24-22-20-18-16-14-12-10-8-6-4-2)35-60-48-47(58)45(56)43(54)39(64-48)36-61-49-46(57)44(55)42(53)38(33-50)63-49/h9-12,15-18,37-39,42-50,53-58H,3-8,13-14,19-36H2,1-2H3/b11-9+,12-10+,17-15+,18-16+/t37-,38-,39-,42+,43+,44?,45?,46?,47?,48-,49-/m1/s1. The molecule has 2 aliphatic heterocycles. The van der Waals surface area contributed by atoms with E-state index in [0.717, 1.165) is 89.9 Å². The highest BCUT2D eigenvalue weighted by molar-refractivity contribution is 5.70. The molecule has 4 unspecified atom stereocenters.